The van der Waals surface area contributed by atoms with Crippen molar-refractivity contribution in [2.45, 2.75) is 38.4 Å². The summed E-state index contributed by atoms with van der Waals surface area (Å²) in [6, 6.07) is 8.84. The molecule has 3 heterocycles. The largest absolute Gasteiger partial charge is 0.477 e. The van der Waals surface area contributed by atoms with Gasteiger partial charge in [0.2, 0.25) is 5.90 Å². The second kappa shape index (κ2) is 4.81. The summed E-state index contributed by atoms with van der Waals surface area (Å²) >= 11 is 1.60. The van der Waals surface area contributed by atoms with Crippen LogP contribution in [0.1, 0.15) is 32.0 Å². The highest BCUT2D eigenvalue weighted by atomic mass is 32.1. The average molecular weight is 314 g/mol. The Bertz CT molecular complexity index is 773. The van der Waals surface area contributed by atoms with E-state index in [1.54, 1.807) is 11.3 Å². The molecule has 2 aromatic rings. The number of ether oxygens (including phenoxy) is 1. The smallest absolute Gasteiger partial charge is 0.210 e. The summed E-state index contributed by atoms with van der Waals surface area (Å²) in [5.74, 6) is 0.504. The number of aliphatic imine (C=N–C) groups is 1. The van der Waals surface area contributed by atoms with E-state index >= 15 is 0 Å². The van der Waals surface area contributed by atoms with Crippen LogP contribution in [0.5, 0.6) is 0 Å². The number of nitrogens with zero attached hydrogens (tertiary/aromatic N) is 3. The van der Waals surface area contributed by atoms with E-state index in [1.165, 1.54) is 0 Å². The summed E-state index contributed by atoms with van der Waals surface area (Å²) in [7, 11) is 0. The van der Waals surface area contributed by atoms with Gasteiger partial charge >= 0.3 is 0 Å². The van der Waals surface area contributed by atoms with Crippen LogP contribution < -0.4 is 4.90 Å². The number of para-hydroxylation sites is 1. The highest BCUT2D eigenvalue weighted by Crippen LogP contribution is 2.49. The summed E-state index contributed by atoms with van der Waals surface area (Å²) in [5.41, 5.74) is 1.72. The van der Waals surface area contributed by atoms with Gasteiger partial charge in [0.05, 0.1) is 6.91 Å². The first kappa shape index (κ1) is 12.6. The van der Waals surface area contributed by atoms with Crippen LogP contribution in [0.15, 0.2) is 40.7 Å². The fourth-order valence-corrected chi connectivity index (χ4v) is 3.62. The highest BCUT2D eigenvalue weighted by Gasteiger charge is 2.56. The SMILES string of the molecule is [2H][C@@]1(C2=NC(C)(C)CO2)[C@H](c2nc(C)cs2)N1c1ccccc1. The minimum Gasteiger partial charge on any atom is -0.477 e. The molecule has 0 saturated carbocycles. The highest BCUT2D eigenvalue weighted by molar-refractivity contribution is 7.09. The fraction of sp³-hybridized carbons (Fsp3) is 0.412. The van der Waals surface area contributed by atoms with Crippen molar-refractivity contribution in [2.75, 3.05) is 11.5 Å². The van der Waals surface area contributed by atoms with Gasteiger partial charge in [0, 0.05) is 16.8 Å². The minimum absolute atomic E-state index is 0.142. The summed E-state index contributed by atoms with van der Waals surface area (Å²) in [6.07, 6.45) is 0. The molecule has 1 aromatic carbocycles. The van der Waals surface area contributed by atoms with Crippen LogP contribution in [0.3, 0.4) is 0 Å². The molecule has 1 fully saturated rings. The molecule has 0 N–H and O–H groups in total. The van der Waals surface area contributed by atoms with Crippen LogP contribution in [0.4, 0.5) is 5.69 Å². The fourth-order valence-electron chi connectivity index (χ4n) is 2.73. The average Bonchev–Trinajstić information content (AvgIpc) is 2.81. The minimum atomic E-state index is -1.00. The molecule has 0 radical (unpaired) electrons. The Kier molecular flexibility index (Phi) is 2.77. The number of anilines is 1. The topological polar surface area (TPSA) is 37.5 Å². The zero-order valence-electron chi connectivity index (χ0n) is 13.9. The Morgan fingerprint density at radius 1 is 1.36 bits per heavy atom. The Morgan fingerprint density at radius 3 is 2.73 bits per heavy atom. The molecule has 22 heavy (non-hydrogen) atoms. The molecule has 1 aromatic heterocycles. The number of benzene rings is 1. The molecule has 0 bridgehead atoms. The molecule has 4 rings (SSSR count). The van der Waals surface area contributed by atoms with E-state index in [1.807, 2.05) is 61.4 Å². The van der Waals surface area contributed by atoms with Gasteiger partial charge in [-0.05, 0) is 32.9 Å². The standard InChI is InChI=1S/C17H19N3OS/c1-11-9-22-16(18-11)14-13(15-19-17(2,3)10-21-15)20(14)12-7-5-4-6-8-12/h4-9,13-14H,10H2,1-3H3/t13-,14+,20?/m0/s1/i13D. The zero-order chi connectivity index (χ0) is 16.2. The van der Waals surface area contributed by atoms with E-state index in [2.05, 4.69) is 9.98 Å². The van der Waals surface area contributed by atoms with Gasteiger partial charge in [-0.25, -0.2) is 9.98 Å². The van der Waals surface area contributed by atoms with Crippen LogP contribution in [-0.2, 0) is 4.74 Å². The van der Waals surface area contributed by atoms with Gasteiger partial charge in [0.1, 0.15) is 23.7 Å². The quantitative estimate of drug-likeness (QED) is 0.813. The predicted octanol–water partition coefficient (Wildman–Crippen LogP) is 3.59. The lowest BCUT2D eigenvalue weighted by molar-refractivity contribution is 0.275. The van der Waals surface area contributed by atoms with E-state index in [4.69, 9.17) is 6.11 Å². The normalized spacial score (nSPS) is 29.8. The second-order valence-corrected chi connectivity index (χ2v) is 7.23. The van der Waals surface area contributed by atoms with E-state index in [-0.39, 0.29) is 11.6 Å². The monoisotopic (exact) mass is 314 g/mol. The van der Waals surface area contributed by atoms with Crippen molar-refractivity contribution in [3.63, 3.8) is 0 Å². The van der Waals surface area contributed by atoms with Crippen molar-refractivity contribution < 1.29 is 6.11 Å². The maximum atomic E-state index is 9.05. The van der Waals surface area contributed by atoms with Gasteiger partial charge in [0.25, 0.3) is 0 Å². The van der Waals surface area contributed by atoms with Gasteiger partial charge in [-0.2, -0.15) is 0 Å². The third-order valence-electron chi connectivity index (χ3n) is 3.80. The Labute approximate surface area is 135 Å². The molecule has 114 valence electrons. The van der Waals surface area contributed by atoms with Gasteiger partial charge in [-0.3, -0.25) is 0 Å². The van der Waals surface area contributed by atoms with Crippen LogP contribution in [-0.4, -0.2) is 29.0 Å². The second-order valence-electron chi connectivity index (χ2n) is 6.34. The maximum Gasteiger partial charge on any atom is 0.210 e. The first-order chi connectivity index (χ1) is 10.9. The summed E-state index contributed by atoms with van der Waals surface area (Å²) in [5, 5.41) is 2.97. The number of hydrogen-bond acceptors (Lipinski definition) is 5. The molecule has 0 unspecified atom stereocenters. The summed E-state index contributed by atoms with van der Waals surface area (Å²) in [4.78, 5) is 11.3. The van der Waals surface area contributed by atoms with E-state index < -0.39 is 6.02 Å². The number of hydrogen-bond donors (Lipinski definition) is 0. The van der Waals surface area contributed by atoms with Crippen molar-refractivity contribution >= 4 is 22.9 Å². The van der Waals surface area contributed by atoms with E-state index in [0.29, 0.717) is 12.5 Å². The predicted molar refractivity (Wildman–Crippen MR) is 89.8 cm³/mol. The lowest BCUT2D eigenvalue weighted by Crippen LogP contribution is -2.17. The van der Waals surface area contributed by atoms with Crippen LogP contribution in [0.2, 0.25) is 0 Å². The van der Waals surface area contributed by atoms with Gasteiger partial charge in [-0.1, -0.05) is 18.2 Å². The first-order valence-corrected chi connectivity index (χ1v) is 8.29. The van der Waals surface area contributed by atoms with Crippen molar-refractivity contribution in [3.8, 4) is 0 Å². The van der Waals surface area contributed by atoms with Crippen LogP contribution in [0, 0.1) is 6.92 Å². The number of aryl methyl sites for hydroxylation is 1. The lowest BCUT2D eigenvalue weighted by Gasteiger charge is -2.07. The first-order valence-electron chi connectivity index (χ1n) is 7.91. The van der Waals surface area contributed by atoms with Crippen molar-refractivity contribution in [1.29, 1.82) is 0 Å². The van der Waals surface area contributed by atoms with E-state index in [9.17, 15) is 0 Å². The van der Waals surface area contributed by atoms with E-state index in [0.717, 1.165) is 16.4 Å². The molecule has 0 spiro atoms. The molecule has 2 aliphatic heterocycles. The van der Waals surface area contributed by atoms with Crippen LogP contribution >= 0.6 is 11.3 Å². The van der Waals surface area contributed by atoms with Crippen molar-refractivity contribution in [1.82, 2.24) is 4.98 Å². The zero-order valence-corrected chi connectivity index (χ0v) is 13.7. The number of thiazole rings is 1. The maximum absolute atomic E-state index is 9.05. The van der Waals surface area contributed by atoms with Gasteiger partial charge in [0.15, 0.2) is 0 Å². The lowest BCUT2D eigenvalue weighted by atomic mass is 10.1. The number of aromatic nitrogens is 1. The Morgan fingerprint density at radius 2 is 2.14 bits per heavy atom. The van der Waals surface area contributed by atoms with Crippen LogP contribution in [0.25, 0.3) is 0 Å². The molecule has 5 heteroatoms. The Balaban J connectivity index is 1.77. The molecule has 0 amide bonds. The molecule has 2 atom stereocenters. The third-order valence-corrected chi connectivity index (χ3v) is 4.81. The number of rotatable bonds is 3. The van der Waals surface area contributed by atoms with Gasteiger partial charge in [-0.15, -0.1) is 11.3 Å². The molecular weight excluding hydrogens is 294 g/mol. The molecule has 1 saturated heterocycles. The summed E-state index contributed by atoms with van der Waals surface area (Å²) in [6.45, 7) is 6.56. The molecule has 4 nitrogen and oxygen atoms in total. The molecule has 0 aliphatic carbocycles. The third kappa shape index (κ3) is 2.29. The van der Waals surface area contributed by atoms with Crippen molar-refractivity contribution in [2.24, 2.45) is 4.99 Å². The summed E-state index contributed by atoms with van der Waals surface area (Å²) < 4.78 is 14.9. The van der Waals surface area contributed by atoms with Crippen molar-refractivity contribution in [3.05, 3.63) is 46.4 Å². The Hall–Kier alpha value is -1.88. The molecular formula is C17H19N3OS. The molecule has 2 aliphatic rings. The van der Waals surface area contributed by atoms with Gasteiger partial charge < -0.3 is 9.64 Å².